The first kappa shape index (κ1) is 15.9. The maximum atomic E-state index is 12.1. The van der Waals surface area contributed by atoms with Gasteiger partial charge in [0.25, 0.3) is 5.91 Å². The Hall–Kier alpha value is -2.16. The number of amides is 1. The first-order chi connectivity index (χ1) is 9.19. The highest BCUT2D eigenvalue weighted by molar-refractivity contribution is 7.13. The van der Waals surface area contributed by atoms with Crippen LogP contribution in [0.1, 0.15) is 26.5 Å². The summed E-state index contributed by atoms with van der Waals surface area (Å²) in [5.74, 6) is -1.71. The molecule has 1 aromatic rings. The van der Waals surface area contributed by atoms with E-state index in [2.05, 4.69) is 20.3 Å². The molecule has 0 aliphatic heterocycles. The zero-order chi connectivity index (χ0) is 15.3. The van der Waals surface area contributed by atoms with E-state index in [0.29, 0.717) is 0 Å². The average molecular weight is 300 g/mol. The third kappa shape index (κ3) is 5.22. The number of nitrogens with one attached hydrogen (secondary N) is 1. The van der Waals surface area contributed by atoms with Crippen LogP contribution in [0.25, 0.3) is 0 Å². The van der Waals surface area contributed by atoms with Gasteiger partial charge in [-0.2, -0.15) is 0 Å². The van der Waals surface area contributed by atoms with E-state index < -0.39 is 24.0 Å². The Kier molecular flexibility index (Phi) is 5.03. The first-order valence-electron chi connectivity index (χ1n) is 5.64. The highest BCUT2D eigenvalue weighted by Crippen LogP contribution is 2.13. The van der Waals surface area contributed by atoms with Crippen LogP contribution in [0.4, 0.5) is 5.13 Å². The molecule has 8 nitrogen and oxygen atoms in total. The van der Waals surface area contributed by atoms with Gasteiger partial charge in [0.05, 0.1) is 0 Å². The molecule has 0 aromatic carbocycles. The Morgan fingerprint density at radius 1 is 1.55 bits per heavy atom. The molecule has 4 N–H and O–H groups in total. The number of carbonyl (C=O) groups is 2. The molecule has 1 rings (SSSR count). The number of anilines is 1. The van der Waals surface area contributed by atoms with Gasteiger partial charge in [0, 0.05) is 10.9 Å². The number of carboxylic acid groups (broad SMARTS) is 1. The molecule has 0 saturated heterocycles. The molecule has 110 valence electrons. The van der Waals surface area contributed by atoms with Crippen molar-refractivity contribution < 1.29 is 19.5 Å². The van der Waals surface area contributed by atoms with E-state index in [1.807, 2.05) is 0 Å². The largest absolute Gasteiger partial charge is 0.479 e. The monoisotopic (exact) mass is 300 g/mol. The molecule has 9 heteroatoms. The predicted molar refractivity (Wildman–Crippen MR) is 74.5 cm³/mol. The van der Waals surface area contributed by atoms with Gasteiger partial charge in [-0.3, -0.25) is 4.79 Å². The Balaban J connectivity index is 2.95. The minimum absolute atomic E-state index is 0.117. The number of oxime groups is 1. The van der Waals surface area contributed by atoms with Crippen molar-refractivity contribution >= 4 is 34.1 Å². The summed E-state index contributed by atoms with van der Waals surface area (Å²) in [6.07, 6.45) is 0. The molecule has 0 saturated carbocycles. The molecule has 1 heterocycles. The quantitative estimate of drug-likeness (QED) is 0.535. The van der Waals surface area contributed by atoms with Crippen LogP contribution >= 0.6 is 11.3 Å². The number of carboxylic acids is 1. The molecule has 0 bridgehead atoms. The first-order valence-corrected chi connectivity index (χ1v) is 6.52. The Bertz CT molecular complexity index is 533. The molecule has 0 atom stereocenters. The number of aromatic nitrogens is 1. The zero-order valence-electron chi connectivity index (χ0n) is 11.3. The third-order valence-electron chi connectivity index (χ3n) is 1.81. The van der Waals surface area contributed by atoms with E-state index in [9.17, 15) is 9.59 Å². The van der Waals surface area contributed by atoms with Crippen LogP contribution in [0.15, 0.2) is 10.5 Å². The van der Waals surface area contributed by atoms with E-state index in [4.69, 9.17) is 10.8 Å². The summed E-state index contributed by atoms with van der Waals surface area (Å²) in [6.45, 7) is 4.76. The van der Waals surface area contributed by atoms with Crippen LogP contribution in [-0.2, 0) is 14.4 Å². The fourth-order valence-electron chi connectivity index (χ4n) is 1.15. The van der Waals surface area contributed by atoms with Gasteiger partial charge in [-0.1, -0.05) is 5.16 Å². The van der Waals surface area contributed by atoms with Gasteiger partial charge in [-0.25, -0.2) is 9.78 Å². The van der Waals surface area contributed by atoms with Crippen LogP contribution in [-0.4, -0.2) is 39.8 Å². The lowest BCUT2D eigenvalue weighted by atomic mass is 10.1. The number of thiazole rings is 1. The van der Waals surface area contributed by atoms with Crippen LogP contribution in [0, 0.1) is 0 Å². The lowest BCUT2D eigenvalue weighted by molar-refractivity contribution is -0.142. The molecule has 0 unspecified atom stereocenters. The zero-order valence-corrected chi connectivity index (χ0v) is 12.2. The maximum Gasteiger partial charge on any atom is 0.344 e. The SMILES string of the molecule is CC(C)(C)NC(=O)/C(=N/OCC(=O)O)c1csc(N)n1. The normalized spacial score (nSPS) is 12.1. The van der Waals surface area contributed by atoms with Crippen molar-refractivity contribution in [3.05, 3.63) is 11.1 Å². The van der Waals surface area contributed by atoms with Crippen molar-refractivity contribution in [1.82, 2.24) is 10.3 Å². The molecule has 0 aliphatic carbocycles. The number of nitrogens with zero attached hydrogens (tertiary/aromatic N) is 2. The summed E-state index contributed by atoms with van der Waals surface area (Å²) in [6, 6.07) is 0. The van der Waals surface area contributed by atoms with Gasteiger partial charge >= 0.3 is 5.97 Å². The van der Waals surface area contributed by atoms with Crippen LogP contribution in [0.5, 0.6) is 0 Å². The standard InChI is InChI=1S/C11H16N4O4S/c1-11(2,3)14-9(18)8(15-19-4-7(16)17)6-5-20-10(12)13-6/h5H,4H2,1-3H3,(H2,12,13)(H,14,18)(H,16,17)/b15-8+. The summed E-state index contributed by atoms with van der Waals surface area (Å²) in [5.41, 5.74) is 5.15. The second kappa shape index (κ2) is 6.33. The van der Waals surface area contributed by atoms with Gasteiger partial charge in [-0.05, 0) is 20.8 Å². The van der Waals surface area contributed by atoms with Crippen molar-refractivity contribution in [1.29, 1.82) is 0 Å². The Labute approximate surface area is 119 Å². The molecule has 0 fully saturated rings. The van der Waals surface area contributed by atoms with Crippen molar-refractivity contribution in [2.45, 2.75) is 26.3 Å². The summed E-state index contributed by atoms with van der Waals surface area (Å²) >= 11 is 1.14. The molecular formula is C11H16N4O4S. The van der Waals surface area contributed by atoms with E-state index in [1.165, 1.54) is 0 Å². The number of carbonyl (C=O) groups excluding carboxylic acids is 1. The molecule has 0 spiro atoms. The topological polar surface area (TPSA) is 127 Å². The molecule has 20 heavy (non-hydrogen) atoms. The van der Waals surface area contributed by atoms with Crippen LogP contribution in [0.2, 0.25) is 0 Å². The molecule has 0 aliphatic rings. The van der Waals surface area contributed by atoms with Gasteiger partial charge < -0.3 is 21.0 Å². The lowest BCUT2D eigenvalue weighted by Crippen LogP contribution is -2.44. The summed E-state index contributed by atoms with van der Waals surface area (Å²) in [4.78, 5) is 31.0. The molecule has 1 amide bonds. The maximum absolute atomic E-state index is 12.1. The van der Waals surface area contributed by atoms with Crippen molar-refractivity contribution in [3.8, 4) is 0 Å². The van der Waals surface area contributed by atoms with E-state index >= 15 is 0 Å². The fraction of sp³-hybridized carbons (Fsp3) is 0.455. The average Bonchev–Trinajstić information content (AvgIpc) is 2.68. The summed E-state index contributed by atoms with van der Waals surface area (Å²) in [7, 11) is 0. The number of hydrogen-bond acceptors (Lipinski definition) is 7. The number of nitrogens with two attached hydrogens (primary N) is 1. The van der Waals surface area contributed by atoms with Gasteiger partial charge in [0.1, 0.15) is 5.69 Å². The van der Waals surface area contributed by atoms with E-state index in [1.54, 1.807) is 26.2 Å². The third-order valence-corrected chi connectivity index (χ3v) is 2.49. The summed E-state index contributed by atoms with van der Waals surface area (Å²) < 4.78 is 0. The number of aliphatic carboxylic acids is 1. The van der Waals surface area contributed by atoms with Gasteiger partial charge in [-0.15, -0.1) is 11.3 Å². The van der Waals surface area contributed by atoms with E-state index in [0.717, 1.165) is 11.3 Å². The lowest BCUT2D eigenvalue weighted by Gasteiger charge is -2.20. The minimum atomic E-state index is -1.19. The van der Waals surface area contributed by atoms with Crippen molar-refractivity contribution in [3.63, 3.8) is 0 Å². The highest BCUT2D eigenvalue weighted by atomic mass is 32.1. The van der Waals surface area contributed by atoms with Crippen LogP contribution < -0.4 is 11.1 Å². The second-order valence-electron chi connectivity index (χ2n) is 4.88. The van der Waals surface area contributed by atoms with Gasteiger partial charge in [0.15, 0.2) is 10.8 Å². The number of rotatable bonds is 5. The minimum Gasteiger partial charge on any atom is -0.479 e. The molecule has 0 radical (unpaired) electrons. The Morgan fingerprint density at radius 3 is 2.65 bits per heavy atom. The van der Waals surface area contributed by atoms with Crippen LogP contribution in [0.3, 0.4) is 0 Å². The highest BCUT2D eigenvalue weighted by Gasteiger charge is 2.23. The second-order valence-corrected chi connectivity index (χ2v) is 5.77. The molecular weight excluding hydrogens is 284 g/mol. The van der Waals surface area contributed by atoms with E-state index in [-0.39, 0.29) is 16.5 Å². The summed E-state index contributed by atoms with van der Waals surface area (Å²) in [5, 5.41) is 16.5. The van der Waals surface area contributed by atoms with Crippen molar-refractivity contribution in [2.24, 2.45) is 5.16 Å². The molecule has 1 aromatic heterocycles. The smallest absolute Gasteiger partial charge is 0.344 e. The number of hydrogen-bond donors (Lipinski definition) is 3. The van der Waals surface area contributed by atoms with Gasteiger partial charge in [0.2, 0.25) is 6.61 Å². The number of nitrogen functional groups attached to an aromatic ring is 1. The predicted octanol–water partition coefficient (Wildman–Crippen LogP) is 0.445. The van der Waals surface area contributed by atoms with Crippen molar-refractivity contribution in [2.75, 3.05) is 12.3 Å². The Morgan fingerprint density at radius 2 is 2.20 bits per heavy atom. The fourth-order valence-corrected chi connectivity index (χ4v) is 1.70.